The van der Waals surface area contributed by atoms with E-state index < -0.39 is 0 Å². The molecule has 0 radical (unpaired) electrons. The van der Waals surface area contributed by atoms with Crippen molar-refractivity contribution in [2.75, 3.05) is 19.8 Å². The lowest BCUT2D eigenvalue weighted by atomic mass is 10.1. The Balaban J connectivity index is 2.37. The molecule has 0 bridgehead atoms. The molecular formula is C13H16BrNO2. The lowest BCUT2D eigenvalue weighted by Gasteiger charge is -2.20. The van der Waals surface area contributed by atoms with Gasteiger partial charge in [0, 0.05) is 6.54 Å². The summed E-state index contributed by atoms with van der Waals surface area (Å²) in [5.74, 6) is 1.59. The molecule has 0 saturated carbocycles. The van der Waals surface area contributed by atoms with E-state index in [1.54, 1.807) is 0 Å². The van der Waals surface area contributed by atoms with E-state index in [0.29, 0.717) is 19.8 Å². The zero-order valence-corrected chi connectivity index (χ0v) is 11.4. The number of hydrogen-bond donors (Lipinski definition) is 1. The second-order valence-electron chi connectivity index (χ2n) is 3.89. The number of nitrogens with two attached hydrogens (primary N) is 1. The van der Waals surface area contributed by atoms with Crippen LogP contribution in [0.25, 0.3) is 6.08 Å². The summed E-state index contributed by atoms with van der Waals surface area (Å²) in [6.07, 6.45) is 3.06. The number of rotatable bonds is 3. The molecule has 0 unspecified atom stereocenters. The molecule has 0 aromatic heterocycles. The highest BCUT2D eigenvalue weighted by molar-refractivity contribution is 9.10. The first-order valence-electron chi connectivity index (χ1n) is 5.73. The third kappa shape index (κ3) is 2.82. The third-order valence-corrected chi connectivity index (χ3v) is 3.30. The van der Waals surface area contributed by atoms with Gasteiger partial charge in [-0.25, -0.2) is 0 Å². The lowest BCUT2D eigenvalue weighted by molar-refractivity contribution is 0.170. The molecule has 0 aliphatic carbocycles. The third-order valence-electron chi connectivity index (χ3n) is 2.71. The SMILES string of the molecule is CCC(=Cc1cc(Br)c2c(c1)OCCO2)CN. The maximum atomic E-state index is 5.67. The molecule has 1 aromatic carbocycles. The van der Waals surface area contributed by atoms with Crippen molar-refractivity contribution in [1.82, 2.24) is 0 Å². The Morgan fingerprint density at radius 1 is 1.41 bits per heavy atom. The number of ether oxygens (including phenoxy) is 2. The highest BCUT2D eigenvalue weighted by atomic mass is 79.9. The van der Waals surface area contributed by atoms with Gasteiger partial charge in [0.2, 0.25) is 0 Å². The average molecular weight is 298 g/mol. The van der Waals surface area contributed by atoms with E-state index in [1.165, 1.54) is 5.57 Å². The van der Waals surface area contributed by atoms with Crippen molar-refractivity contribution in [2.45, 2.75) is 13.3 Å². The van der Waals surface area contributed by atoms with E-state index >= 15 is 0 Å². The molecule has 4 heteroatoms. The van der Waals surface area contributed by atoms with E-state index in [0.717, 1.165) is 28.0 Å². The van der Waals surface area contributed by atoms with Crippen LogP contribution in [0.5, 0.6) is 11.5 Å². The number of benzene rings is 1. The van der Waals surface area contributed by atoms with Crippen LogP contribution in [0.3, 0.4) is 0 Å². The summed E-state index contributed by atoms with van der Waals surface area (Å²) in [6.45, 7) is 3.89. The second-order valence-corrected chi connectivity index (χ2v) is 4.74. The molecule has 0 saturated heterocycles. The fourth-order valence-electron chi connectivity index (χ4n) is 1.76. The largest absolute Gasteiger partial charge is 0.486 e. The van der Waals surface area contributed by atoms with E-state index in [9.17, 15) is 0 Å². The summed E-state index contributed by atoms with van der Waals surface area (Å²) in [6, 6.07) is 4.02. The number of fused-ring (bicyclic) bond motifs is 1. The van der Waals surface area contributed by atoms with Crippen LogP contribution in [0.15, 0.2) is 22.2 Å². The highest BCUT2D eigenvalue weighted by Gasteiger charge is 2.15. The molecule has 3 nitrogen and oxygen atoms in total. The zero-order valence-electron chi connectivity index (χ0n) is 9.83. The summed E-state index contributed by atoms with van der Waals surface area (Å²) in [4.78, 5) is 0. The zero-order chi connectivity index (χ0) is 12.3. The van der Waals surface area contributed by atoms with E-state index in [4.69, 9.17) is 15.2 Å². The molecule has 2 N–H and O–H groups in total. The van der Waals surface area contributed by atoms with Crippen molar-refractivity contribution in [2.24, 2.45) is 5.73 Å². The minimum absolute atomic E-state index is 0.586. The van der Waals surface area contributed by atoms with E-state index in [2.05, 4.69) is 28.9 Å². The van der Waals surface area contributed by atoms with Crippen LogP contribution >= 0.6 is 15.9 Å². The first kappa shape index (κ1) is 12.5. The summed E-state index contributed by atoms with van der Waals surface area (Å²) in [7, 11) is 0. The van der Waals surface area contributed by atoms with Gasteiger partial charge in [-0.15, -0.1) is 0 Å². The van der Waals surface area contributed by atoms with Crippen molar-refractivity contribution in [3.63, 3.8) is 0 Å². The van der Waals surface area contributed by atoms with Crippen molar-refractivity contribution in [3.8, 4) is 11.5 Å². The maximum Gasteiger partial charge on any atom is 0.175 e. The van der Waals surface area contributed by atoms with Crippen LogP contribution in [0.4, 0.5) is 0 Å². The molecule has 1 heterocycles. The predicted octanol–water partition coefficient (Wildman–Crippen LogP) is 2.97. The normalized spacial score (nSPS) is 14.9. The van der Waals surface area contributed by atoms with Crippen molar-refractivity contribution in [3.05, 3.63) is 27.7 Å². The molecule has 0 spiro atoms. The van der Waals surface area contributed by atoms with Gasteiger partial charge in [-0.1, -0.05) is 18.6 Å². The molecule has 0 amide bonds. The molecule has 1 aliphatic rings. The minimum Gasteiger partial charge on any atom is -0.486 e. The highest BCUT2D eigenvalue weighted by Crippen LogP contribution is 2.39. The molecule has 1 aliphatic heterocycles. The Morgan fingerprint density at radius 2 is 2.18 bits per heavy atom. The quantitative estimate of drug-likeness (QED) is 0.933. The van der Waals surface area contributed by atoms with Gasteiger partial charge in [0.15, 0.2) is 11.5 Å². The second kappa shape index (κ2) is 5.56. The van der Waals surface area contributed by atoms with E-state index in [1.807, 2.05) is 12.1 Å². The van der Waals surface area contributed by atoms with Crippen molar-refractivity contribution >= 4 is 22.0 Å². The van der Waals surface area contributed by atoms with Crippen molar-refractivity contribution < 1.29 is 9.47 Å². The molecule has 0 fully saturated rings. The van der Waals surface area contributed by atoms with Crippen LogP contribution in [-0.4, -0.2) is 19.8 Å². The van der Waals surface area contributed by atoms with Gasteiger partial charge in [0.05, 0.1) is 4.47 Å². The number of hydrogen-bond acceptors (Lipinski definition) is 3. The van der Waals surface area contributed by atoms with Gasteiger partial charge in [0.25, 0.3) is 0 Å². The minimum atomic E-state index is 0.586. The van der Waals surface area contributed by atoms with Crippen LogP contribution in [-0.2, 0) is 0 Å². The Bertz CT molecular complexity index is 437. The summed E-state index contributed by atoms with van der Waals surface area (Å²) < 4.78 is 12.1. The monoisotopic (exact) mass is 297 g/mol. The Labute approximate surface area is 110 Å². The van der Waals surface area contributed by atoms with Crippen LogP contribution in [0, 0.1) is 0 Å². The van der Waals surface area contributed by atoms with Crippen molar-refractivity contribution in [1.29, 1.82) is 0 Å². The summed E-state index contributed by atoms with van der Waals surface area (Å²) in [5.41, 5.74) is 7.97. The first-order valence-corrected chi connectivity index (χ1v) is 6.52. The molecular weight excluding hydrogens is 282 g/mol. The van der Waals surface area contributed by atoms with Gasteiger partial charge < -0.3 is 15.2 Å². The fraction of sp³-hybridized carbons (Fsp3) is 0.385. The maximum absolute atomic E-state index is 5.67. The summed E-state index contributed by atoms with van der Waals surface area (Å²) >= 11 is 3.50. The lowest BCUT2D eigenvalue weighted by Crippen LogP contribution is -2.15. The fourth-order valence-corrected chi connectivity index (χ4v) is 2.33. The van der Waals surface area contributed by atoms with Gasteiger partial charge in [-0.05, 0) is 40.0 Å². The van der Waals surface area contributed by atoms with Gasteiger partial charge in [-0.3, -0.25) is 0 Å². The molecule has 2 rings (SSSR count). The summed E-state index contributed by atoms with van der Waals surface area (Å²) in [5, 5.41) is 0. The van der Waals surface area contributed by atoms with Crippen LogP contribution in [0.1, 0.15) is 18.9 Å². The average Bonchev–Trinajstić information content (AvgIpc) is 2.36. The van der Waals surface area contributed by atoms with Crippen LogP contribution in [0.2, 0.25) is 0 Å². The predicted molar refractivity (Wildman–Crippen MR) is 72.5 cm³/mol. The Morgan fingerprint density at radius 3 is 2.88 bits per heavy atom. The first-order chi connectivity index (χ1) is 8.24. The Kier molecular flexibility index (Phi) is 4.07. The number of halogens is 1. The molecule has 0 atom stereocenters. The Hall–Kier alpha value is -1.00. The van der Waals surface area contributed by atoms with Gasteiger partial charge >= 0.3 is 0 Å². The van der Waals surface area contributed by atoms with E-state index in [-0.39, 0.29) is 0 Å². The topological polar surface area (TPSA) is 44.5 Å². The van der Waals surface area contributed by atoms with Gasteiger partial charge in [0.1, 0.15) is 13.2 Å². The van der Waals surface area contributed by atoms with Gasteiger partial charge in [-0.2, -0.15) is 0 Å². The molecule has 92 valence electrons. The molecule has 17 heavy (non-hydrogen) atoms. The van der Waals surface area contributed by atoms with Crippen LogP contribution < -0.4 is 15.2 Å². The smallest absolute Gasteiger partial charge is 0.175 e. The standard InChI is InChI=1S/C13H16BrNO2/c1-2-9(8-15)5-10-6-11(14)13-12(7-10)16-3-4-17-13/h5-7H,2-4,8,15H2,1H3. The molecule has 1 aromatic rings.